The molecule has 9 unspecified atom stereocenters. The monoisotopic (exact) mass is 1300 g/mol. The molecule has 6 saturated heterocycles. The summed E-state index contributed by atoms with van der Waals surface area (Å²) in [6.45, 7) is 16.6. The van der Waals surface area contributed by atoms with Crippen molar-refractivity contribution in [3.8, 4) is 0 Å². The smallest absolute Gasteiger partial charge is 0.481 e. The van der Waals surface area contributed by atoms with Gasteiger partial charge in [0.25, 0.3) is 0 Å². The van der Waals surface area contributed by atoms with Gasteiger partial charge in [0.05, 0.1) is 36.3 Å². The Labute approximate surface area is 508 Å². The molecule has 6 heterocycles. The van der Waals surface area contributed by atoms with Crippen LogP contribution in [0.1, 0.15) is 131 Å². The largest absolute Gasteiger partial charge is 0.500 e. The van der Waals surface area contributed by atoms with Gasteiger partial charge in [0.1, 0.15) is 0 Å². The lowest BCUT2D eigenvalue weighted by atomic mass is 10.0. The van der Waals surface area contributed by atoms with Gasteiger partial charge in [-0.3, -0.25) is 14.4 Å². The minimum Gasteiger partial charge on any atom is -0.481 e. The maximum atomic E-state index is 12.1. The molecule has 9 atom stereocenters. The standard InChI is InChI=1S/C19H37N3O5SSi.C10H15ClN2O2S.C10H16N2O3S.C9H23NO3Si.B.Cl2OS/c1-4-25-29(26-5-2,27-6-3)13-9-12-20-17(23)11-8-7-10-16-18-15(14-28-16)21-19(24)22-18;11-8(14)4-2-1-3-7-9-6(5-16-7)12-10(15)13-9;13-8(14)4-2-1-3-7-9-6(5-16-7)11-10(15)12-9;1-4-11-14(12-5-2,13-6-3)9-7-8-10;;1-4(2)3/h15-16,18H,4-14H2,1-3H3,(H,20,23)(H2,21,22,24);6-7,9H,1-5H2,(H2,12,13,15);6-7,9H,1-5H2,(H,13,14)(H2,11,12,15);4-10H2,1-3H3;;. The van der Waals surface area contributed by atoms with Gasteiger partial charge in [-0.05, 0) is 111 Å². The first-order valence-corrected chi connectivity index (χ1v) is 38.0. The van der Waals surface area contributed by atoms with Crippen LogP contribution in [-0.4, -0.2) is 193 Å². The van der Waals surface area contributed by atoms with Crippen LogP contribution in [0.4, 0.5) is 14.4 Å². The Kier molecular flexibility index (Phi) is 42.4. The van der Waals surface area contributed by atoms with E-state index in [0.717, 1.165) is 93.9 Å². The third-order valence-electron chi connectivity index (χ3n) is 13.1. The Morgan fingerprint density at radius 3 is 1.21 bits per heavy atom. The molecule has 0 aromatic carbocycles. The van der Waals surface area contributed by atoms with Gasteiger partial charge in [0.15, 0.2) is 0 Å². The molecule has 22 nitrogen and oxygen atoms in total. The molecule has 0 aromatic rings. The highest BCUT2D eigenvalue weighted by atomic mass is 36.0. The summed E-state index contributed by atoms with van der Waals surface area (Å²) in [6, 6.07) is 2.94. The molecule has 32 heteroatoms. The molecular formula is C48H91BCl3N8O14S4Si2. The van der Waals surface area contributed by atoms with Crippen LogP contribution >= 0.6 is 68.3 Å². The number of rotatable bonds is 34. The zero-order chi connectivity index (χ0) is 58.6. The van der Waals surface area contributed by atoms with Crippen molar-refractivity contribution in [2.75, 3.05) is 70.0 Å². The van der Waals surface area contributed by atoms with Crippen molar-refractivity contribution in [2.45, 2.75) is 196 Å². The molecule has 0 saturated carbocycles. The number of urea groups is 3. The summed E-state index contributed by atoms with van der Waals surface area (Å²) < 4.78 is 43.5. The minimum atomic E-state index is -2.62. The van der Waals surface area contributed by atoms with Gasteiger partial charge in [0.2, 0.25) is 20.4 Å². The maximum Gasteiger partial charge on any atom is 0.500 e. The second-order valence-corrected chi connectivity index (χ2v) is 31.1. The van der Waals surface area contributed by atoms with Crippen LogP contribution in [0, 0.1) is 0 Å². The predicted octanol–water partition coefficient (Wildman–Crippen LogP) is 6.59. The average Bonchev–Trinajstić information content (AvgIpc) is 4.25. The molecular weight excluding hydrogens is 1210 g/mol. The van der Waals surface area contributed by atoms with E-state index in [0.29, 0.717) is 87.4 Å². The number of nitrogens with two attached hydrogens (primary N) is 1. The van der Waals surface area contributed by atoms with Crippen molar-refractivity contribution in [3.05, 3.63) is 0 Å². The zero-order valence-electron chi connectivity index (χ0n) is 47.5. The summed E-state index contributed by atoms with van der Waals surface area (Å²) in [5, 5.41) is 30.3. The lowest BCUT2D eigenvalue weighted by Gasteiger charge is -2.28. The molecule has 80 heavy (non-hydrogen) atoms. The van der Waals surface area contributed by atoms with Gasteiger partial charge in [-0.1, -0.05) is 19.3 Å². The number of aliphatic carboxylic acids is 1. The normalized spacial score (nSPS) is 23.9. The van der Waals surface area contributed by atoms with E-state index in [4.69, 9.17) is 53.2 Å². The SMILES string of the molecule is CCO[Si](CCCN)(OCC)OCC.CCO[Si](CCCNC(=O)CCCCC1SCC2NC(=O)NC21)(OCC)OCC.O=C(Cl)CCCCC1SCC2NC(=O)NC21.O=C(O)CCCCC1SCC2NC(=O)NC21.O=S(Cl)Cl.[B]. The summed E-state index contributed by atoms with van der Waals surface area (Å²) in [7, 11) is 2.34. The van der Waals surface area contributed by atoms with Gasteiger partial charge in [-0.25, -0.2) is 18.6 Å². The molecule has 10 N–H and O–H groups in total. The fraction of sp³-hybridized carbons (Fsp3) is 0.875. The first-order valence-electron chi connectivity index (χ1n) is 27.8. The number of unbranched alkanes of at least 4 members (excludes halogenated alkanes) is 3. The number of nitrogens with one attached hydrogen (secondary N) is 7. The van der Waals surface area contributed by atoms with Crippen molar-refractivity contribution >= 4 is 139 Å². The van der Waals surface area contributed by atoms with Crippen LogP contribution in [0.15, 0.2) is 0 Å². The van der Waals surface area contributed by atoms with Crippen LogP contribution in [0.25, 0.3) is 0 Å². The fourth-order valence-corrected chi connectivity index (χ4v) is 19.7. The van der Waals surface area contributed by atoms with Crippen LogP contribution in [0.3, 0.4) is 0 Å². The number of fused-ring (bicyclic) bond motifs is 3. The van der Waals surface area contributed by atoms with Gasteiger partial charge < -0.3 is 74.6 Å². The lowest BCUT2D eigenvalue weighted by Crippen LogP contribution is -2.46. The van der Waals surface area contributed by atoms with Crippen LogP contribution in [0.5, 0.6) is 0 Å². The fourth-order valence-electron chi connectivity index (χ4n) is 9.73. The first kappa shape index (κ1) is 76.7. The molecule has 6 rings (SSSR count). The topological polar surface area (TPSA) is 305 Å². The molecule has 3 radical (unpaired) electrons. The number of carbonyl (C=O) groups excluding carboxylic acids is 5. The van der Waals surface area contributed by atoms with Crippen molar-refractivity contribution in [3.63, 3.8) is 0 Å². The molecule has 6 fully saturated rings. The third kappa shape index (κ3) is 30.7. The molecule has 0 aliphatic carbocycles. The minimum absolute atomic E-state index is 0. The Hall–Kier alpha value is -1.29. The number of amides is 7. The summed E-state index contributed by atoms with van der Waals surface area (Å²) >= 11 is 11.0. The van der Waals surface area contributed by atoms with Crippen LogP contribution < -0.4 is 43.0 Å². The lowest BCUT2D eigenvalue weighted by molar-refractivity contribution is -0.137. The van der Waals surface area contributed by atoms with Crippen LogP contribution in [0.2, 0.25) is 12.1 Å². The van der Waals surface area contributed by atoms with E-state index in [2.05, 4.69) is 58.6 Å². The van der Waals surface area contributed by atoms with E-state index < -0.39 is 32.8 Å². The molecule has 7 amide bonds. The second kappa shape index (κ2) is 44.2. The summed E-state index contributed by atoms with van der Waals surface area (Å²) in [4.78, 5) is 66.7. The van der Waals surface area contributed by atoms with E-state index in [1.165, 1.54) is 0 Å². The van der Waals surface area contributed by atoms with Gasteiger partial charge >= 0.3 is 41.7 Å². The third-order valence-corrected chi connectivity index (χ3v) is 24.1. The molecule has 6 aliphatic heterocycles. The highest BCUT2D eigenvalue weighted by Crippen LogP contribution is 2.35. The van der Waals surface area contributed by atoms with E-state index in [-0.39, 0.29) is 80.3 Å². The maximum absolute atomic E-state index is 12.1. The summed E-state index contributed by atoms with van der Waals surface area (Å²) in [5.41, 5.74) is 5.48. The van der Waals surface area contributed by atoms with Crippen LogP contribution in [-0.2, 0) is 50.2 Å². The number of carbonyl (C=O) groups is 6. The van der Waals surface area contributed by atoms with Crippen molar-refractivity contribution in [2.24, 2.45) is 5.73 Å². The van der Waals surface area contributed by atoms with Crippen molar-refractivity contribution in [1.29, 1.82) is 0 Å². The highest BCUT2D eigenvalue weighted by molar-refractivity contribution is 8.26. The Morgan fingerprint density at radius 2 is 0.900 bits per heavy atom. The summed E-state index contributed by atoms with van der Waals surface area (Å²) in [5.74, 6) is 2.29. The summed E-state index contributed by atoms with van der Waals surface area (Å²) in [6.07, 6.45) is 11.3. The molecule has 463 valence electrons. The molecule has 0 spiro atoms. The average molecular weight is 1310 g/mol. The van der Waals surface area contributed by atoms with Crippen molar-refractivity contribution in [1.82, 2.24) is 37.2 Å². The van der Waals surface area contributed by atoms with E-state index in [1.54, 1.807) is 0 Å². The Morgan fingerprint density at radius 1 is 0.575 bits per heavy atom. The number of carboxylic acids is 1. The van der Waals surface area contributed by atoms with Crippen molar-refractivity contribution < 1.29 is 64.6 Å². The van der Waals surface area contributed by atoms with Gasteiger partial charge in [-0.15, -0.1) is 0 Å². The first-order chi connectivity index (χ1) is 37.8. The van der Waals surface area contributed by atoms with E-state index >= 15 is 0 Å². The van der Waals surface area contributed by atoms with E-state index in [9.17, 15) is 28.8 Å². The molecule has 0 aromatic heterocycles. The number of thioether (sulfide) groups is 3. The van der Waals surface area contributed by atoms with Gasteiger partial charge in [-0.2, -0.15) is 35.3 Å². The predicted molar refractivity (Wildman–Crippen MR) is 328 cm³/mol. The Bertz CT molecular complexity index is 1740. The number of hydrogen-bond donors (Lipinski definition) is 9. The zero-order valence-corrected chi connectivity index (χ0v) is 55.0. The molecule has 0 bridgehead atoms. The highest BCUT2D eigenvalue weighted by Gasteiger charge is 2.45. The van der Waals surface area contributed by atoms with Gasteiger partial charge in [0, 0.05) is 140 Å². The second-order valence-electron chi connectivity index (χ2n) is 18.8. The number of hydrogen-bond acceptors (Lipinski definition) is 17. The quantitative estimate of drug-likeness (QED) is 0.0142. The number of carboxylic acid groups (broad SMARTS) is 1. The molecule has 6 aliphatic rings. The Balaban J connectivity index is 0.000000542. The van der Waals surface area contributed by atoms with E-state index in [1.807, 2.05) is 76.8 Å². The number of halogens is 3.